The number of anilines is 2. The lowest BCUT2D eigenvalue weighted by Crippen LogP contribution is -2.37. The van der Waals surface area contributed by atoms with Gasteiger partial charge in [-0.05, 0) is 60.2 Å². The summed E-state index contributed by atoms with van der Waals surface area (Å²) >= 11 is 1.74. The van der Waals surface area contributed by atoms with E-state index in [9.17, 15) is 14.4 Å². The maximum absolute atomic E-state index is 13.3. The lowest BCUT2D eigenvalue weighted by Gasteiger charge is -2.28. The molecule has 0 saturated heterocycles. The molecule has 0 radical (unpaired) electrons. The van der Waals surface area contributed by atoms with Gasteiger partial charge in [0, 0.05) is 42.1 Å². The average molecular weight is 473 g/mol. The Hall–Kier alpha value is -3.78. The van der Waals surface area contributed by atoms with Crippen LogP contribution in [0.4, 0.5) is 11.4 Å². The number of rotatable bonds is 4. The van der Waals surface area contributed by atoms with Crippen LogP contribution in [0.1, 0.15) is 39.2 Å². The lowest BCUT2D eigenvalue weighted by molar-refractivity contribution is -0.118. The van der Waals surface area contributed by atoms with Gasteiger partial charge in [0.2, 0.25) is 5.91 Å². The molecule has 1 aromatic heterocycles. The fourth-order valence-corrected chi connectivity index (χ4v) is 5.17. The molecule has 3 aromatic rings. The highest BCUT2D eigenvalue weighted by Gasteiger charge is 2.27. The van der Waals surface area contributed by atoms with Crippen molar-refractivity contribution in [3.63, 3.8) is 0 Å². The number of hydrogen-bond acceptors (Lipinski definition) is 5. The van der Waals surface area contributed by atoms with Gasteiger partial charge in [0.1, 0.15) is 5.71 Å². The highest BCUT2D eigenvalue weighted by molar-refractivity contribution is 7.10. The van der Waals surface area contributed by atoms with E-state index in [1.54, 1.807) is 41.7 Å². The van der Waals surface area contributed by atoms with Crippen LogP contribution in [-0.2, 0) is 22.6 Å². The van der Waals surface area contributed by atoms with Gasteiger partial charge in [-0.15, -0.1) is 11.3 Å². The van der Waals surface area contributed by atoms with Gasteiger partial charge in [-0.3, -0.25) is 14.4 Å². The molecule has 0 fully saturated rings. The molecule has 0 aliphatic carbocycles. The van der Waals surface area contributed by atoms with E-state index in [1.807, 2.05) is 30.0 Å². The molecule has 2 aliphatic heterocycles. The number of benzene rings is 2. The number of fused-ring (bicyclic) bond motifs is 1. The molecule has 1 N–H and O–H groups in total. The van der Waals surface area contributed by atoms with E-state index in [0.29, 0.717) is 35.6 Å². The van der Waals surface area contributed by atoms with Crippen molar-refractivity contribution in [3.05, 3.63) is 81.5 Å². The highest BCUT2D eigenvalue weighted by Crippen LogP contribution is 2.27. The number of hydrazone groups is 1. The van der Waals surface area contributed by atoms with Crippen LogP contribution in [0.2, 0.25) is 0 Å². The fraction of sp³-hybridized carbons (Fsp3) is 0.231. The first-order chi connectivity index (χ1) is 16.5. The van der Waals surface area contributed by atoms with E-state index in [0.717, 1.165) is 6.42 Å². The predicted molar refractivity (Wildman–Crippen MR) is 133 cm³/mol. The molecule has 0 spiro atoms. The number of amides is 3. The quantitative estimate of drug-likeness (QED) is 0.612. The molecule has 0 bridgehead atoms. The second-order valence-electron chi connectivity index (χ2n) is 8.37. The summed E-state index contributed by atoms with van der Waals surface area (Å²) < 4.78 is 0. The Labute approximate surface area is 201 Å². The lowest BCUT2D eigenvalue weighted by atomic mass is 10.0. The van der Waals surface area contributed by atoms with Gasteiger partial charge in [-0.25, -0.2) is 5.01 Å². The van der Waals surface area contributed by atoms with E-state index < -0.39 is 0 Å². The van der Waals surface area contributed by atoms with Gasteiger partial charge in [0.25, 0.3) is 11.8 Å². The molecule has 0 unspecified atom stereocenters. The Balaban J connectivity index is 1.34. The van der Waals surface area contributed by atoms with Crippen molar-refractivity contribution in [2.75, 3.05) is 16.9 Å². The first-order valence-corrected chi connectivity index (χ1v) is 12.1. The van der Waals surface area contributed by atoms with Crippen LogP contribution in [0.5, 0.6) is 0 Å². The van der Waals surface area contributed by atoms with Crippen LogP contribution < -0.4 is 10.3 Å². The van der Waals surface area contributed by atoms with Crippen molar-refractivity contribution in [1.29, 1.82) is 0 Å². The number of carbonyl (C=O) groups excluding carboxylic acids is 3. The van der Waals surface area contributed by atoms with E-state index in [-0.39, 0.29) is 36.3 Å². The molecule has 2 aliphatic rings. The molecule has 3 amide bonds. The minimum absolute atomic E-state index is 0.0405. The summed E-state index contributed by atoms with van der Waals surface area (Å²) in [4.78, 5) is 41.9. The number of carbonyl (C=O) groups is 3. The Kier molecular flexibility index (Phi) is 5.98. The summed E-state index contributed by atoms with van der Waals surface area (Å²) in [6, 6.07) is 16.5. The minimum atomic E-state index is -0.373. The van der Waals surface area contributed by atoms with Gasteiger partial charge >= 0.3 is 0 Å². The molecule has 3 heterocycles. The summed E-state index contributed by atoms with van der Waals surface area (Å²) in [6.07, 6.45) is 1.34. The van der Waals surface area contributed by atoms with Crippen molar-refractivity contribution < 1.29 is 14.4 Å². The number of para-hydroxylation sites is 1. The summed E-state index contributed by atoms with van der Waals surface area (Å²) in [5, 5.41) is 10.6. The second kappa shape index (κ2) is 9.23. The van der Waals surface area contributed by atoms with E-state index in [2.05, 4.69) is 21.9 Å². The number of hydrogen-bond donors (Lipinski definition) is 1. The third-order valence-corrected chi connectivity index (χ3v) is 7.23. The van der Waals surface area contributed by atoms with Crippen LogP contribution in [0.15, 0.2) is 65.1 Å². The van der Waals surface area contributed by atoms with Gasteiger partial charge in [0.15, 0.2) is 0 Å². The molecule has 0 atom stereocenters. The number of nitrogens with one attached hydrogen (secondary N) is 1. The number of thiophene rings is 1. The van der Waals surface area contributed by atoms with Crippen LogP contribution in [0.25, 0.3) is 0 Å². The van der Waals surface area contributed by atoms with Crippen LogP contribution in [-0.4, -0.2) is 34.9 Å². The third kappa shape index (κ3) is 4.24. The topological polar surface area (TPSA) is 82.1 Å². The molecule has 5 rings (SSSR count). The van der Waals surface area contributed by atoms with E-state index >= 15 is 0 Å². The van der Waals surface area contributed by atoms with Crippen molar-refractivity contribution in [3.8, 4) is 0 Å². The van der Waals surface area contributed by atoms with Gasteiger partial charge in [-0.2, -0.15) is 5.10 Å². The molecule has 7 nitrogen and oxygen atoms in total. The second-order valence-corrected chi connectivity index (χ2v) is 9.37. The van der Waals surface area contributed by atoms with Gasteiger partial charge in [-0.1, -0.05) is 24.3 Å². The smallest absolute Gasteiger partial charge is 0.271 e. The third-order valence-electron chi connectivity index (χ3n) is 6.20. The zero-order valence-corrected chi connectivity index (χ0v) is 19.6. The standard InChI is InChI=1S/C26H24N4O3S/c1-17-20(26(33)29-14-12-23-18(16-29)13-15-34-23)8-5-9-21(17)27-25(32)22-10-11-24(31)30(28-22)19-6-3-2-4-7-19/h2-9,13,15H,10-12,14,16H2,1H3,(H,27,32). The molecule has 172 valence electrons. The van der Waals surface area contributed by atoms with E-state index in [1.165, 1.54) is 15.4 Å². The maximum atomic E-state index is 13.3. The average Bonchev–Trinajstić information content (AvgIpc) is 3.34. The fourth-order valence-electron chi connectivity index (χ4n) is 4.28. The van der Waals surface area contributed by atoms with E-state index in [4.69, 9.17) is 0 Å². The van der Waals surface area contributed by atoms with Crippen molar-refractivity contribution in [2.45, 2.75) is 32.7 Å². The first-order valence-electron chi connectivity index (χ1n) is 11.2. The minimum Gasteiger partial charge on any atom is -0.334 e. The van der Waals surface area contributed by atoms with Gasteiger partial charge in [0.05, 0.1) is 5.69 Å². The summed E-state index contributed by atoms with van der Waals surface area (Å²) in [7, 11) is 0. The summed E-state index contributed by atoms with van der Waals surface area (Å²) in [5.74, 6) is -0.565. The van der Waals surface area contributed by atoms with Crippen molar-refractivity contribution >= 4 is 46.1 Å². The molecular weight excluding hydrogens is 448 g/mol. The van der Waals surface area contributed by atoms with Crippen LogP contribution in [0, 0.1) is 6.92 Å². The molecule has 34 heavy (non-hydrogen) atoms. The van der Waals surface area contributed by atoms with Crippen LogP contribution >= 0.6 is 11.3 Å². The Bertz CT molecular complexity index is 1300. The largest absolute Gasteiger partial charge is 0.334 e. The monoisotopic (exact) mass is 472 g/mol. The highest BCUT2D eigenvalue weighted by atomic mass is 32.1. The molecular formula is C26H24N4O3S. The normalized spacial score (nSPS) is 15.6. The summed E-state index contributed by atoms with van der Waals surface area (Å²) in [5.41, 5.74) is 3.96. The molecule has 2 aromatic carbocycles. The maximum Gasteiger partial charge on any atom is 0.271 e. The predicted octanol–water partition coefficient (Wildman–Crippen LogP) is 4.38. The molecule has 0 saturated carbocycles. The number of nitrogens with zero attached hydrogens (tertiary/aromatic N) is 3. The Morgan fingerprint density at radius 3 is 2.65 bits per heavy atom. The van der Waals surface area contributed by atoms with Crippen LogP contribution in [0.3, 0.4) is 0 Å². The zero-order valence-electron chi connectivity index (χ0n) is 18.8. The Morgan fingerprint density at radius 2 is 1.82 bits per heavy atom. The zero-order chi connectivity index (χ0) is 23.7. The van der Waals surface area contributed by atoms with Gasteiger partial charge < -0.3 is 10.2 Å². The first kappa shape index (κ1) is 22.0. The molecule has 8 heteroatoms. The Morgan fingerprint density at radius 1 is 1.00 bits per heavy atom. The SMILES string of the molecule is Cc1c(NC(=O)C2=NN(c3ccccc3)C(=O)CC2)cccc1C(=O)N1CCc2sccc2C1. The van der Waals surface area contributed by atoms with Crippen molar-refractivity contribution in [2.24, 2.45) is 5.10 Å². The summed E-state index contributed by atoms with van der Waals surface area (Å²) in [6.45, 7) is 3.13. The van der Waals surface area contributed by atoms with Crippen molar-refractivity contribution in [1.82, 2.24) is 4.90 Å².